The van der Waals surface area contributed by atoms with E-state index in [1.165, 1.54) is 5.56 Å². The van der Waals surface area contributed by atoms with Gasteiger partial charge in [0.15, 0.2) is 0 Å². The van der Waals surface area contributed by atoms with Gasteiger partial charge >= 0.3 is 0 Å². The van der Waals surface area contributed by atoms with Gasteiger partial charge in [-0.1, -0.05) is 39.0 Å². The van der Waals surface area contributed by atoms with Crippen LogP contribution in [0.3, 0.4) is 0 Å². The minimum atomic E-state index is 0.153. The first kappa shape index (κ1) is 12.6. The Hall–Kier alpha value is -1.83. The highest BCUT2D eigenvalue weighted by Crippen LogP contribution is 2.23. The molecule has 0 saturated heterocycles. The molecule has 0 saturated carbocycles. The highest BCUT2D eigenvalue weighted by molar-refractivity contribution is 5.48. The quantitative estimate of drug-likeness (QED) is 0.815. The maximum Gasteiger partial charge on any atom is 0.0451 e. The smallest absolute Gasteiger partial charge is 0.0451 e. The summed E-state index contributed by atoms with van der Waals surface area (Å²) in [6.07, 6.45) is 2.67. The number of nitrogens with two attached hydrogens (primary N) is 1. The van der Waals surface area contributed by atoms with Crippen molar-refractivity contribution in [3.05, 3.63) is 59.4 Å². The van der Waals surface area contributed by atoms with E-state index in [2.05, 4.69) is 44.0 Å². The Morgan fingerprint density at radius 2 is 1.83 bits per heavy atom. The van der Waals surface area contributed by atoms with Gasteiger partial charge in [-0.3, -0.25) is 4.98 Å². The summed E-state index contributed by atoms with van der Waals surface area (Å²) in [7, 11) is 0. The Morgan fingerprint density at radius 3 is 2.50 bits per heavy atom. The summed E-state index contributed by atoms with van der Waals surface area (Å²) in [5, 5.41) is 0. The number of rotatable bonds is 2. The van der Waals surface area contributed by atoms with E-state index in [-0.39, 0.29) is 5.41 Å². The lowest BCUT2D eigenvalue weighted by atomic mass is 9.87. The molecular formula is C16H20N2. The fraction of sp³-hybridized carbons (Fsp3) is 0.312. The Balaban J connectivity index is 2.28. The van der Waals surface area contributed by atoms with E-state index in [0.717, 1.165) is 23.4 Å². The fourth-order valence-corrected chi connectivity index (χ4v) is 1.93. The van der Waals surface area contributed by atoms with Gasteiger partial charge in [0.05, 0.1) is 0 Å². The molecule has 0 unspecified atom stereocenters. The van der Waals surface area contributed by atoms with Crippen molar-refractivity contribution in [3.63, 3.8) is 0 Å². The summed E-state index contributed by atoms with van der Waals surface area (Å²) in [6.45, 7) is 6.63. The lowest BCUT2D eigenvalue weighted by Gasteiger charge is -2.19. The zero-order valence-corrected chi connectivity index (χ0v) is 11.3. The van der Waals surface area contributed by atoms with Crippen molar-refractivity contribution in [3.8, 4) is 0 Å². The average Bonchev–Trinajstić information content (AvgIpc) is 2.31. The Bertz CT molecular complexity index is 539. The van der Waals surface area contributed by atoms with E-state index < -0.39 is 0 Å². The van der Waals surface area contributed by atoms with E-state index in [1.54, 1.807) is 0 Å². The van der Waals surface area contributed by atoms with Crippen molar-refractivity contribution >= 4 is 5.69 Å². The van der Waals surface area contributed by atoms with Crippen LogP contribution in [0.15, 0.2) is 42.6 Å². The van der Waals surface area contributed by atoms with E-state index >= 15 is 0 Å². The number of hydrogen-bond donors (Lipinski definition) is 1. The van der Waals surface area contributed by atoms with Crippen LogP contribution >= 0.6 is 0 Å². The molecule has 1 heterocycles. The summed E-state index contributed by atoms with van der Waals surface area (Å²) >= 11 is 0. The molecule has 94 valence electrons. The molecule has 2 rings (SSSR count). The third kappa shape index (κ3) is 2.89. The lowest BCUT2D eigenvalue weighted by molar-refractivity contribution is 0.588. The van der Waals surface area contributed by atoms with Crippen molar-refractivity contribution in [1.82, 2.24) is 4.98 Å². The molecule has 2 heteroatoms. The van der Waals surface area contributed by atoms with Gasteiger partial charge in [-0.2, -0.15) is 0 Å². The molecule has 0 fully saturated rings. The Morgan fingerprint density at radius 1 is 1.11 bits per heavy atom. The molecule has 0 aliphatic carbocycles. The van der Waals surface area contributed by atoms with E-state index in [1.807, 2.05) is 24.4 Å². The number of pyridine rings is 1. The van der Waals surface area contributed by atoms with Crippen LogP contribution in [0.2, 0.25) is 0 Å². The van der Waals surface area contributed by atoms with Crippen molar-refractivity contribution < 1.29 is 0 Å². The number of benzene rings is 1. The monoisotopic (exact) mass is 240 g/mol. The third-order valence-electron chi connectivity index (χ3n) is 3.11. The second-order valence-electron chi connectivity index (χ2n) is 5.66. The summed E-state index contributed by atoms with van der Waals surface area (Å²) in [4.78, 5) is 4.43. The predicted molar refractivity (Wildman–Crippen MR) is 76.6 cm³/mol. The number of anilines is 1. The molecule has 0 aliphatic heterocycles. The van der Waals surface area contributed by atoms with Gasteiger partial charge in [0, 0.05) is 24.0 Å². The molecule has 1 aromatic carbocycles. The van der Waals surface area contributed by atoms with Gasteiger partial charge in [-0.25, -0.2) is 0 Å². The first-order valence-electron chi connectivity index (χ1n) is 6.25. The first-order chi connectivity index (χ1) is 8.47. The lowest BCUT2D eigenvalue weighted by Crippen LogP contribution is -2.12. The largest absolute Gasteiger partial charge is 0.398 e. The molecule has 0 aliphatic rings. The van der Waals surface area contributed by atoms with Gasteiger partial charge in [0.1, 0.15) is 0 Å². The zero-order valence-electron chi connectivity index (χ0n) is 11.3. The summed E-state index contributed by atoms with van der Waals surface area (Å²) in [5.74, 6) is 0. The first-order valence-corrected chi connectivity index (χ1v) is 6.25. The minimum Gasteiger partial charge on any atom is -0.398 e. The SMILES string of the molecule is CC(C)(C)c1ccnc(Cc2ccccc2N)c1. The molecule has 2 N–H and O–H groups in total. The topological polar surface area (TPSA) is 38.9 Å². The number of para-hydroxylation sites is 1. The molecule has 0 atom stereocenters. The molecule has 1 aromatic heterocycles. The Kier molecular flexibility index (Phi) is 3.37. The number of nitrogens with zero attached hydrogens (tertiary/aromatic N) is 1. The van der Waals surface area contributed by atoms with Crippen LogP contribution < -0.4 is 5.73 Å². The van der Waals surface area contributed by atoms with Crippen LogP contribution in [0.4, 0.5) is 5.69 Å². The molecular weight excluding hydrogens is 220 g/mol. The van der Waals surface area contributed by atoms with E-state index in [4.69, 9.17) is 5.73 Å². The number of hydrogen-bond acceptors (Lipinski definition) is 2. The highest BCUT2D eigenvalue weighted by atomic mass is 14.7. The van der Waals surface area contributed by atoms with Crippen LogP contribution in [0.1, 0.15) is 37.6 Å². The normalized spacial score (nSPS) is 11.5. The average molecular weight is 240 g/mol. The van der Waals surface area contributed by atoms with E-state index in [9.17, 15) is 0 Å². The number of nitrogen functional groups attached to an aromatic ring is 1. The molecule has 0 spiro atoms. The van der Waals surface area contributed by atoms with Crippen LogP contribution in [-0.4, -0.2) is 4.98 Å². The molecule has 0 radical (unpaired) electrons. The second-order valence-corrected chi connectivity index (χ2v) is 5.66. The third-order valence-corrected chi connectivity index (χ3v) is 3.11. The summed E-state index contributed by atoms with van der Waals surface area (Å²) in [5.41, 5.74) is 10.5. The van der Waals surface area contributed by atoms with Crippen molar-refractivity contribution in [2.24, 2.45) is 0 Å². The molecule has 2 aromatic rings. The Labute approximate surface area is 109 Å². The predicted octanol–water partition coefficient (Wildman–Crippen LogP) is 3.55. The maximum absolute atomic E-state index is 5.96. The molecule has 0 amide bonds. The van der Waals surface area contributed by atoms with Gasteiger partial charge in [0.25, 0.3) is 0 Å². The van der Waals surface area contributed by atoms with Crippen LogP contribution in [0.5, 0.6) is 0 Å². The van der Waals surface area contributed by atoms with Gasteiger partial charge in [-0.05, 0) is 34.7 Å². The van der Waals surface area contributed by atoms with Crippen molar-refractivity contribution in [2.45, 2.75) is 32.6 Å². The highest BCUT2D eigenvalue weighted by Gasteiger charge is 2.14. The standard InChI is InChI=1S/C16H20N2/c1-16(2,3)13-8-9-18-14(11-13)10-12-6-4-5-7-15(12)17/h4-9,11H,10,17H2,1-3H3. The van der Waals surface area contributed by atoms with Gasteiger partial charge in [0.2, 0.25) is 0 Å². The van der Waals surface area contributed by atoms with Crippen LogP contribution in [0.25, 0.3) is 0 Å². The molecule has 18 heavy (non-hydrogen) atoms. The number of aromatic nitrogens is 1. The van der Waals surface area contributed by atoms with Gasteiger partial charge in [-0.15, -0.1) is 0 Å². The van der Waals surface area contributed by atoms with E-state index in [0.29, 0.717) is 0 Å². The summed E-state index contributed by atoms with van der Waals surface area (Å²) < 4.78 is 0. The van der Waals surface area contributed by atoms with Crippen LogP contribution in [0, 0.1) is 0 Å². The van der Waals surface area contributed by atoms with Crippen molar-refractivity contribution in [1.29, 1.82) is 0 Å². The molecule has 0 bridgehead atoms. The van der Waals surface area contributed by atoms with Gasteiger partial charge < -0.3 is 5.73 Å². The summed E-state index contributed by atoms with van der Waals surface area (Å²) in [6, 6.07) is 12.2. The molecule has 2 nitrogen and oxygen atoms in total. The van der Waals surface area contributed by atoms with Crippen molar-refractivity contribution in [2.75, 3.05) is 5.73 Å². The zero-order chi connectivity index (χ0) is 13.2. The minimum absolute atomic E-state index is 0.153. The second kappa shape index (κ2) is 4.81. The fourth-order valence-electron chi connectivity index (χ4n) is 1.93. The maximum atomic E-state index is 5.96. The van der Waals surface area contributed by atoms with Crippen LogP contribution in [-0.2, 0) is 11.8 Å².